The number of nitrogens with zero attached hydrogens (tertiary/aromatic N) is 2. The van der Waals surface area contributed by atoms with Crippen molar-refractivity contribution in [2.45, 2.75) is 84.2 Å². The number of hydrogen-bond acceptors (Lipinski definition) is 4. The van der Waals surface area contributed by atoms with E-state index in [1.165, 1.54) is 16.7 Å². The van der Waals surface area contributed by atoms with Gasteiger partial charge >= 0.3 is 0 Å². The van der Waals surface area contributed by atoms with Crippen LogP contribution in [-0.4, -0.2) is 26.5 Å². The van der Waals surface area contributed by atoms with Crippen molar-refractivity contribution in [3.63, 3.8) is 0 Å². The van der Waals surface area contributed by atoms with Crippen LogP contribution in [0.25, 0.3) is 11.1 Å². The van der Waals surface area contributed by atoms with E-state index in [0.717, 1.165) is 49.7 Å². The van der Waals surface area contributed by atoms with E-state index >= 15 is 0 Å². The molecule has 4 heteroatoms. The fraction of sp³-hybridized carbons (Fsp3) is 0.500. The van der Waals surface area contributed by atoms with Crippen LogP contribution < -0.4 is 0 Å². The van der Waals surface area contributed by atoms with Crippen LogP contribution in [0, 0.1) is 34.5 Å². The SMILES string of the molecule is CC(C)(C)C#C[C@]1(O)CC[C@H]2[C@@H]3CCC4=CC(=O)CCC4=C3[C@@H](c3ccc(-c4cncnc4)cc3)C[C@@]21C. The van der Waals surface area contributed by atoms with E-state index in [9.17, 15) is 9.90 Å². The van der Waals surface area contributed by atoms with Gasteiger partial charge in [0, 0.05) is 41.1 Å². The lowest BCUT2D eigenvalue weighted by molar-refractivity contribution is -0.114. The third-order valence-electron chi connectivity index (χ3n) is 9.74. The average Bonchev–Trinajstić information content (AvgIpc) is 3.17. The Bertz CT molecular complexity index is 1390. The first kappa shape index (κ1) is 25.3. The first-order chi connectivity index (χ1) is 18.1. The fourth-order valence-electron chi connectivity index (χ4n) is 7.82. The zero-order chi connectivity index (χ0) is 26.7. The first-order valence-corrected chi connectivity index (χ1v) is 14.2. The van der Waals surface area contributed by atoms with E-state index in [4.69, 9.17) is 0 Å². The van der Waals surface area contributed by atoms with Gasteiger partial charge in [0.05, 0.1) is 0 Å². The van der Waals surface area contributed by atoms with Gasteiger partial charge in [0.1, 0.15) is 11.9 Å². The van der Waals surface area contributed by atoms with Crippen molar-refractivity contribution in [3.05, 3.63) is 71.3 Å². The molecule has 4 aliphatic rings. The quantitative estimate of drug-likeness (QED) is 0.454. The van der Waals surface area contributed by atoms with Crippen molar-refractivity contribution in [1.82, 2.24) is 9.97 Å². The van der Waals surface area contributed by atoms with Gasteiger partial charge < -0.3 is 5.11 Å². The molecule has 0 spiro atoms. The van der Waals surface area contributed by atoms with Crippen LogP contribution in [0.3, 0.4) is 0 Å². The Morgan fingerprint density at radius 2 is 1.74 bits per heavy atom. The summed E-state index contributed by atoms with van der Waals surface area (Å²) in [6, 6.07) is 8.85. The number of carbonyl (C=O) groups is 1. The first-order valence-electron chi connectivity index (χ1n) is 14.2. The number of carbonyl (C=O) groups excluding carboxylic acids is 1. The summed E-state index contributed by atoms with van der Waals surface area (Å²) >= 11 is 0. The average molecular weight is 507 g/mol. The molecule has 2 fully saturated rings. The van der Waals surface area contributed by atoms with Crippen LogP contribution in [0.15, 0.2) is 65.8 Å². The number of aliphatic hydroxyl groups is 1. The molecule has 1 N–H and O–H groups in total. The van der Waals surface area contributed by atoms with Gasteiger partial charge in [0.25, 0.3) is 0 Å². The monoisotopic (exact) mass is 506 g/mol. The Morgan fingerprint density at radius 1 is 1.00 bits per heavy atom. The normalized spacial score (nSPS) is 32.5. The highest BCUT2D eigenvalue weighted by atomic mass is 16.3. The summed E-state index contributed by atoms with van der Waals surface area (Å²) in [5, 5.41) is 12.2. The molecule has 6 rings (SSSR count). The molecule has 1 heterocycles. The highest BCUT2D eigenvalue weighted by Crippen LogP contribution is 2.66. The third kappa shape index (κ3) is 4.16. The van der Waals surface area contributed by atoms with Gasteiger partial charge in [0.15, 0.2) is 5.78 Å². The van der Waals surface area contributed by atoms with Crippen molar-refractivity contribution < 1.29 is 9.90 Å². The van der Waals surface area contributed by atoms with Crippen molar-refractivity contribution in [2.24, 2.45) is 22.7 Å². The van der Waals surface area contributed by atoms with E-state index in [0.29, 0.717) is 18.3 Å². The second kappa shape index (κ2) is 9.02. The largest absolute Gasteiger partial charge is 0.377 e. The predicted octanol–water partition coefficient (Wildman–Crippen LogP) is 6.82. The highest BCUT2D eigenvalue weighted by molar-refractivity contribution is 5.93. The Kier molecular flexibility index (Phi) is 6.00. The molecule has 5 atom stereocenters. The van der Waals surface area contributed by atoms with Gasteiger partial charge in [0.2, 0.25) is 0 Å². The van der Waals surface area contributed by atoms with Crippen molar-refractivity contribution >= 4 is 5.78 Å². The molecule has 1 aromatic heterocycles. The predicted molar refractivity (Wildman–Crippen MR) is 150 cm³/mol. The second-order valence-electron chi connectivity index (χ2n) is 13.1. The minimum atomic E-state index is -0.987. The van der Waals surface area contributed by atoms with E-state index < -0.39 is 5.60 Å². The molecule has 0 bridgehead atoms. The zero-order valence-electron chi connectivity index (χ0n) is 23.1. The maximum Gasteiger partial charge on any atom is 0.156 e. The maximum atomic E-state index is 12.3. The standard InChI is InChI=1S/C34H38N2O2/c1-32(2,3)15-16-34(38)14-13-30-28-11-9-24-17-26(37)10-12-27(24)31(28)29(18-33(30,34)4)23-7-5-22(6-8-23)25-19-35-21-36-20-25/h5-8,17,19-21,28-30,38H,9-14,18H2,1-4H3/t28-,29+,30-,33-,34+/m0/s1. The maximum absolute atomic E-state index is 12.3. The molecule has 0 unspecified atom stereocenters. The Labute approximate surface area is 226 Å². The van der Waals surface area contributed by atoms with Crippen molar-refractivity contribution in [3.8, 4) is 23.0 Å². The van der Waals surface area contributed by atoms with Crippen LogP contribution in [0.2, 0.25) is 0 Å². The lowest BCUT2D eigenvalue weighted by Gasteiger charge is -2.53. The molecule has 2 saturated carbocycles. The van der Waals surface area contributed by atoms with E-state index in [1.807, 2.05) is 18.5 Å². The number of rotatable bonds is 2. The van der Waals surface area contributed by atoms with Crippen LogP contribution in [0.4, 0.5) is 0 Å². The smallest absolute Gasteiger partial charge is 0.156 e. The molecule has 0 amide bonds. The highest BCUT2D eigenvalue weighted by Gasteiger charge is 2.62. The summed E-state index contributed by atoms with van der Waals surface area (Å²) in [5.74, 6) is 8.11. The molecule has 4 aliphatic carbocycles. The number of ketones is 1. The van der Waals surface area contributed by atoms with Gasteiger partial charge in [-0.15, -0.1) is 0 Å². The third-order valence-corrected chi connectivity index (χ3v) is 9.74. The van der Waals surface area contributed by atoms with Gasteiger partial charge in [-0.05, 0) is 99.5 Å². The number of aromatic nitrogens is 2. The lowest BCUT2D eigenvalue weighted by Crippen LogP contribution is -2.51. The Hall–Kier alpha value is -3.03. The molecule has 38 heavy (non-hydrogen) atoms. The van der Waals surface area contributed by atoms with E-state index in [1.54, 1.807) is 11.9 Å². The molecule has 196 valence electrons. The van der Waals surface area contributed by atoms with Crippen molar-refractivity contribution in [1.29, 1.82) is 0 Å². The Balaban J connectivity index is 1.47. The molecule has 4 nitrogen and oxygen atoms in total. The lowest BCUT2D eigenvalue weighted by atomic mass is 9.51. The molecular weight excluding hydrogens is 468 g/mol. The summed E-state index contributed by atoms with van der Waals surface area (Å²) in [7, 11) is 0. The molecule has 2 aromatic rings. The molecule has 1 aromatic carbocycles. The number of benzene rings is 1. The van der Waals surface area contributed by atoms with Gasteiger partial charge in [-0.1, -0.05) is 48.6 Å². The van der Waals surface area contributed by atoms with Crippen LogP contribution in [-0.2, 0) is 4.79 Å². The van der Waals surface area contributed by atoms with Gasteiger partial charge in [-0.25, -0.2) is 9.97 Å². The summed E-state index contributed by atoms with van der Waals surface area (Å²) < 4.78 is 0. The summed E-state index contributed by atoms with van der Waals surface area (Å²) in [6.45, 7) is 8.65. The fourth-order valence-corrected chi connectivity index (χ4v) is 7.82. The molecule has 0 aliphatic heterocycles. The minimum absolute atomic E-state index is 0.151. The van der Waals surface area contributed by atoms with Crippen LogP contribution >= 0.6 is 0 Å². The zero-order valence-corrected chi connectivity index (χ0v) is 23.1. The second-order valence-corrected chi connectivity index (χ2v) is 13.1. The van der Waals surface area contributed by atoms with Crippen LogP contribution in [0.5, 0.6) is 0 Å². The number of hydrogen-bond donors (Lipinski definition) is 1. The number of fused-ring (bicyclic) bond motifs is 4. The Morgan fingerprint density at radius 3 is 2.45 bits per heavy atom. The van der Waals surface area contributed by atoms with Gasteiger partial charge in [-0.2, -0.15) is 0 Å². The summed E-state index contributed by atoms with van der Waals surface area (Å²) in [4.78, 5) is 20.7. The van der Waals surface area contributed by atoms with Crippen molar-refractivity contribution in [2.75, 3.05) is 0 Å². The van der Waals surface area contributed by atoms with E-state index in [-0.39, 0.29) is 22.5 Å². The molecule has 0 radical (unpaired) electrons. The summed E-state index contributed by atoms with van der Waals surface area (Å²) in [6.07, 6.45) is 13.3. The molecular formula is C34H38N2O2. The summed E-state index contributed by atoms with van der Waals surface area (Å²) in [5.41, 5.74) is 6.21. The number of allylic oxidation sites excluding steroid dienone is 4. The molecule has 0 saturated heterocycles. The minimum Gasteiger partial charge on any atom is -0.377 e. The topological polar surface area (TPSA) is 63.1 Å². The van der Waals surface area contributed by atoms with E-state index in [2.05, 4.69) is 73.8 Å². The van der Waals surface area contributed by atoms with Gasteiger partial charge in [-0.3, -0.25) is 4.79 Å². The van der Waals surface area contributed by atoms with Crippen LogP contribution in [0.1, 0.15) is 84.1 Å².